The van der Waals surface area contributed by atoms with Gasteiger partial charge in [0.2, 0.25) is 0 Å². The second-order valence-corrected chi connectivity index (χ2v) is 5.42. The Morgan fingerprint density at radius 3 is 2.58 bits per heavy atom. The second kappa shape index (κ2) is 9.04. The van der Waals surface area contributed by atoms with Gasteiger partial charge in [-0.05, 0) is 30.7 Å². The van der Waals surface area contributed by atoms with Crippen molar-refractivity contribution in [2.24, 2.45) is 5.73 Å². The molecule has 0 radical (unpaired) electrons. The van der Waals surface area contributed by atoms with Gasteiger partial charge < -0.3 is 15.8 Å². The summed E-state index contributed by atoms with van der Waals surface area (Å²) in [6, 6.07) is 15.4. The Kier molecular flexibility index (Phi) is 6.52. The van der Waals surface area contributed by atoms with Crippen molar-refractivity contribution >= 4 is 23.6 Å². The third-order valence-electron chi connectivity index (χ3n) is 3.49. The largest absolute Gasteiger partial charge is 0.493 e. The van der Waals surface area contributed by atoms with Crippen LogP contribution in [0.15, 0.2) is 54.1 Å². The molecule has 0 fully saturated rings. The van der Waals surface area contributed by atoms with Crippen LogP contribution in [0.25, 0.3) is 6.08 Å². The molecular weight excluding hydrogens is 330 g/mol. The predicted molar refractivity (Wildman–Crippen MR) is 99.4 cm³/mol. The van der Waals surface area contributed by atoms with E-state index in [2.05, 4.69) is 5.32 Å². The molecule has 6 heteroatoms. The SMILES string of the molecule is CCCOc1ccccc1/C=C(\C#N)C(=O)Nc1ccccc1C(N)=O. The highest BCUT2D eigenvalue weighted by Gasteiger charge is 2.14. The number of para-hydroxylation sites is 2. The number of ether oxygens (including phenoxy) is 1. The number of nitrogens with one attached hydrogen (secondary N) is 1. The molecular formula is C20H19N3O3. The van der Waals surface area contributed by atoms with E-state index in [0.717, 1.165) is 6.42 Å². The first-order chi connectivity index (χ1) is 12.6. The molecule has 0 spiro atoms. The summed E-state index contributed by atoms with van der Waals surface area (Å²) >= 11 is 0. The number of carbonyl (C=O) groups excluding carboxylic acids is 2. The molecule has 0 unspecified atom stereocenters. The van der Waals surface area contributed by atoms with Gasteiger partial charge >= 0.3 is 0 Å². The molecule has 0 atom stereocenters. The zero-order chi connectivity index (χ0) is 18.9. The minimum atomic E-state index is -0.665. The predicted octanol–water partition coefficient (Wildman–Crippen LogP) is 3.12. The average molecular weight is 349 g/mol. The van der Waals surface area contributed by atoms with Crippen molar-refractivity contribution in [1.29, 1.82) is 5.26 Å². The summed E-state index contributed by atoms with van der Waals surface area (Å²) in [5.74, 6) is -0.708. The van der Waals surface area contributed by atoms with Crippen molar-refractivity contribution in [2.45, 2.75) is 13.3 Å². The number of nitriles is 1. The molecule has 0 bridgehead atoms. The molecule has 0 aliphatic rings. The van der Waals surface area contributed by atoms with Gasteiger partial charge in [-0.2, -0.15) is 5.26 Å². The van der Waals surface area contributed by atoms with E-state index in [1.807, 2.05) is 19.1 Å². The Balaban J connectivity index is 2.29. The summed E-state index contributed by atoms with van der Waals surface area (Å²) in [6.45, 7) is 2.52. The molecule has 2 amide bonds. The number of hydrogen-bond donors (Lipinski definition) is 2. The topological polar surface area (TPSA) is 105 Å². The molecule has 0 saturated carbocycles. The van der Waals surface area contributed by atoms with Crippen LogP contribution in [0, 0.1) is 11.3 Å². The van der Waals surface area contributed by atoms with Crippen molar-refractivity contribution in [3.05, 3.63) is 65.2 Å². The van der Waals surface area contributed by atoms with Crippen LogP contribution in [0.5, 0.6) is 5.75 Å². The molecule has 6 nitrogen and oxygen atoms in total. The number of primary amides is 1. The van der Waals surface area contributed by atoms with Crippen LogP contribution >= 0.6 is 0 Å². The highest BCUT2D eigenvalue weighted by molar-refractivity contribution is 6.12. The maximum absolute atomic E-state index is 12.5. The Morgan fingerprint density at radius 2 is 1.88 bits per heavy atom. The number of anilines is 1. The zero-order valence-corrected chi connectivity index (χ0v) is 14.4. The van der Waals surface area contributed by atoms with Gasteiger partial charge in [0.25, 0.3) is 11.8 Å². The van der Waals surface area contributed by atoms with Crippen LogP contribution in [0.3, 0.4) is 0 Å². The minimum Gasteiger partial charge on any atom is -0.493 e. The lowest BCUT2D eigenvalue weighted by Gasteiger charge is -2.10. The van der Waals surface area contributed by atoms with Crippen molar-refractivity contribution in [3.63, 3.8) is 0 Å². The molecule has 0 aliphatic carbocycles. The Morgan fingerprint density at radius 1 is 1.19 bits per heavy atom. The molecule has 0 heterocycles. The zero-order valence-electron chi connectivity index (χ0n) is 14.4. The van der Waals surface area contributed by atoms with Gasteiger partial charge in [0.1, 0.15) is 17.4 Å². The molecule has 3 N–H and O–H groups in total. The summed E-state index contributed by atoms with van der Waals surface area (Å²) in [6.07, 6.45) is 2.29. The molecule has 0 aliphatic heterocycles. The van der Waals surface area contributed by atoms with Crippen LogP contribution in [0.4, 0.5) is 5.69 Å². The van der Waals surface area contributed by atoms with Gasteiger partial charge in [-0.1, -0.05) is 37.3 Å². The van der Waals surface area contributed by atoms with Crippen molar-refractivity contribution in [1.82, 2.24) is 0 Å². The highest BCUT2D eigenvalue weighted by atomic mass is 16.5. The van der Waals surface area contributed by atoms with E-state index >= 15 is 0 Å². The molecule has 0 aromatic heterocycles. The quantitative estimate of drug-likeness (QED) is 0.592. The van der Waals surface area contributed by atoms with Crippen molar-refractivity contribution < 1.29 is 14.3 Å². The number of hydrogen-bond acceptors (Lipinski definition) is 4. The van der Waals surface area contributed by atoms with E-state index in [4.69, 9.17) is 10.5 Å². The minimum absolute atomic E-state index is 0.114. The van der Waals surface area contributed by atoms with Crippen LogP contribution in [0.2, 0.25) is 0 Å². The van der Waals surface area contributed by atoms with E-state index < -0.39 is 11.8 Å². The standard InChI is InChI=1S/C20H19N3O3/c1-2-11-26-18-10-6-3-7-14(18)12-15(13-21)20(25)23-17-9-5-4-8-16(17)19(22)24/h3-10,12H,2,11H2,1H3,(H2,22,24)(H,23,25)/b15-12+. The number of amides is 2. The van der Waals surface area contributed by atoms with Crippen LogP contribution in [-0.4, -0.2) is 18.4 Å². The van der Waals surface area contributed by atoms with Crippen molar-refractivity contribution in [2.75, 3.05) is 11.9 Å². The number of nitrogens with two attached hydrogens (primary N) is 1. The van der Waals surface area contributed by atoms with Crippen LogP contribution in [-0.2, 0) is 4.79 Å². The van der Waals surface area contributed by atoms with E-state index in [0.29, 0.717) is 17.9 Å². The highest BCUT2D eigenvalue weighted by Crippen LogP contribution is 2.22. The Labute approximate surface area is 151 Å². The summed E-state index contributed by atoms with van der Waals surface area (Å²) in [4.78, 5) is 23.9. The molecule has 2 rings (SSSR count). The van der Waals surface area contributed by atoms with Gasteiger partial charge in [-0.25, -0.2) is 0 Å². The summed E-state index contributed by atoms with van der Waals surface area (Å²) in [7, 11) is 0. The molecule has 26 heavy (non-hydrogen) atoms. The van der Waals surface area contributed by atoms with Gasteiger partial charge in [0, 0.05) is 5.56 Å². The molecule has 132 valence electrons. The number of nitrogens with zero attached hydrogens (tertiary/aromatic N) is 1. The number of carbonyl (C=O) groups is 2. The van der Waals surface area contributed by atoms with Crippen LogP contribution < -0.4 is 15.8 Å². The van der Waals surface area contributed by atoms with E-state index in [1.165, 1.54) is 12.1 Å². The third-order valence-corrected chi connectivity index (χ3v) is 3.49. The van der Waals surface area contributed by atoms with E-state index in [1.54, 1.807) is 36.4 Å². The van der Waals surface area contributed by atoms with Gasteiger partial charge in [0.05, 0.1) is 17.9 Å². The summed E-state index contributed by atoms with van der Waals surface area (Å²) in [5.41, 5.74) is 6.23. The Hall–Kier alpha value is -3.59. The summed E-state index contributed by atoms with van der Waals surface area (Å²) < 4.78 is 5.63. The smallest absolute Gasteiger partial charge is 0.266 e. The van der Waals surface area contributed by atoms with Gasteiger partial charge in [-0.15, -0.1) is 0 Å². The lowest BCUT2D eigenvalue weighted by Crippen LogP contribution is -2.19. The van der Waals surface area contributed by atoms with Crippen LogP contribution in [0.1, 0.15) is 29.3 Å². The maximum Gasteiger partial charge on any atom is 0.266 e. The lowest BCUT2D eigenvalue weighted by atomic mass is 10.1. The fourth-order valence-corrected chi connectivity index (χ4v) is 2.24. The number of rotatable bonds is 7. The van der Waals surface area contributed by atoms with Gasteiger partial charge in [0.15, 0.2) is 0 Å². The monoisotopic (exact) mass is 349 g/mol. The summed E-state index contributed by atoms with van der Waals surface area (Å²) in [5, 5.41) is 11.9. The normalized spacial score (nSPS) is 10.7. The average Bonchev–Trinajstić information content (AvgIpc) is 2.65. The maximum atomic E-state index is 12.5. The fraction of sp³-hybridized carbons (Fsp3) is 0.150. The molecule has 2 aromatic carbocycles. The van der Waals surface area contributed by atoms with Crippen molar-refractivity contribution in [3.8, 4) is 11.8 Å². The van der Waals surface area contributed by atoms with Gasteiger partial charge in [-0.3, -0.25) is 9.59 Å². The first-order valence-electron chi connectivity index (χ1n) is 8.10. The fourth-order valence-electron chi connectivity index (χ4n) is 2.24. The Bertz CT molecular complexity index is 882. The lowest BCUT2D eigenvalue weighted by molar-refractivity contribution is -0.112. The molecule has 2 aromatic rings. The molecule has 0 saturated heterocycles. The first kappa shape index (κ1) is 18.7. The third kappa shape index (κ3) is 4.71. The second-order valence-electron chi connectivity index (χ2n) is 5.42. The van der Waals surface area contributed by atoms with E-state index in [-0.39, 0.29) is 16.8 Å². The first-order valence-corrected chi connectivity index (χ1v) is 8.10. The number of benzene rings is 2. The van der Waals surface area contributed by atoms with E-state index in [9.17, 15) is 14.9 Å².